The van der Waals surface area contributed by atoms with Crippen molar-refractivity contribution < 1.29 is 4.79 Å². The van der Waals surface area contributed by atoms with Crippen LogP contribution in [0.4, 0.5) is 0 Å². The first-order valence-corrected chi connectivity index (χ1v) is 5.88. The number of rotatable bonds is 5. The molecular formula is C14H23NO. The zero-order valence-electron chi connectivity index (χ0n) is 10.6. The van der Waals surface area contributed by atoms with Crippen molar-refractivity contribution >= 4 is 5.78 Å². The Kier molecular flexibility index (Phi) is 9.63. The van der Waals surface area contributed by atoms with Crippen LogP contribution in [0.3, 0.4) is 0 Å². The molecule has 0 aliphatic rings. The predicted octanol–water partition coefficient (Wildman–Crippen LogP) is 2.82. The van der Waals surface area contributed by atoms with Crippen molar-refractivity contribution in [3.8, 4) is 0 Å². The molecular weight excluding hydrogens is 198 g/mol. The van der Waals surface area contributed by atoms with Crippen LogP contribution in [0.2, 0.25) is 0 Å². The number of nitrogens with one attached hydrogen (secondary N) is 1. The highest BCUT2D eigenvalue weighted by Crippen LogP contribution is 2.00. The quantitative estimate of drug-likeness (QED) is 0.775. The van der Waals surface area contributed by atoms with Gasteiger partial charge in [-0.05, 0) is 38.9 Å². The number of Topliss-reactive ketones (excluding diaryl/α,β-unsaturated/α-hetero) is 1. The van der Waals surface area contributed by atoms with Crippen LogP contribution in [0.25, 0.3) is 0 Å². The predicted molar refractivity (Wildman–Crippen MR) is 69.7 cm³/mol. The van der Waals surface area contributed by atoms with E-state index in [0.29, 0.717) is 6.42 Å². The summed E-state index contributed by atoms with van der Waals surface area (Å²) in [7, 11) is 1.99. The molecule has 1 aromatic carbocycles. The number of carbonyl (C=O) groups is 1. The van der Waals surface area contributed by atoms with Gasteiger partial charge in [0.1, 0.15) is 5.78 Å². The molecule has 2 heteroatoms. The Balaban J connectivity index is 0.000000385. The number of hydrogen-bond donors (Lipinski definition) is 1. The van der Waals surface area contributed by atoms with Gasteiger partial charge in [0.2, 0.25) is 0 Å². The fourth-order valence-corrected chi connectivity index (χ4v) is 1.11. The zero-order chi connectivity index (χ0) is 12.2. The fourth-order valence-electron chi connectivity index (χ4n) is 1.11. The first kappa shape index (κ1) is 14.8. The fraction of sp³-hybridized carbons (Fsp3) is 0.500. The molecule has 0 aliphatic heterocycles. The third kappa shape index (κ3) is 9.41. The average molecular weight is 221 g/mol. The number of hydrogen-bond acceptors (Lipinski definition) is 2. The monoisotopic (exact) mass is 221 g/mol. The van der Waals surface area contributed by atoms with E-state index >= 15 is 0 Å². The van der Waals surface area contributed by atoms with Crippen LogP contribution < -0.4 is 5.32 Å². The lowest BCUT2D eigenvalue weighted by atomic mass is 10.1. The minimum Gasteiger partial charge on any atom is -0.320 e. The van der Waals surface area contributed by atoms with Crippen molar-refractivity contribution in [2.45, 2.75) is 33.1 Å². The van der Waals surface area contributed by atoms with Gasteiger partial charge in [-0.1, -0.05) is 37.3 Å². The molecule has 2 nitrogen and oxygen atoms in total. The van der Waals surface area contributed by atoms with Gasteiger partial charge >= 0.3 is 0 Å². The molecule has 0 spiro atoms. The molecule has 0 heterocycles. The van der Waals surface area contributed by atoms with Crippen LogP contribution in [0.1, 0.15) is 32.3 Å². The van der Waals surface area contributed by atoms with E-state index in [4.69, 9.17) is 0 Å². The summed E-state index contributed by atoms with van der Waals surface area (Å²) < 4.78 is 0. The second-order valence-electron chi connectivity index (χ2n) is 3.75. The van der Waals surface area contributed by atoms with E-state index in [-0.39, 0.29) is 5.78 Å². The van der Waals surface area contributed by atoms with Gasteiger partial charge in [0.25, 0.3) is 0 Å². The van der Waals surface area contributed by atoms with Crippen LogP contribution in [0.15, 0.2) is 30.3 Å². The van der Waals surface area contributed by atoms with E-state index in [2.05, 4.69) is 35.6 Å². The molecule has 0 aliphatic carbocycles. The van der Waals surface area contributed by atoms with Gasteiger partial charge in [0, 0.05) is 6.42 Å². The van der Waals surface area contributed by atoms with E-state index in [0.717, 1.165) is 6.54 Å². The lowest BCUT2D eigenvalue weighted by molar-refractivity contribution is -0.116. The number of ketones is 1. The van der Waals surface area contributed by atoms with Crippen LogP contribution in [-0.2, 0) is 11.2 Å². The van der Waals surface area contributed by atoms with Crippen molar-refractivity contribution in [1.29, 1.82) is 0 Å². The summed E-state index contributed by atoms with van der Waals surface area (Å²) in [4.78, 5) is 9.81. The summed E-state index contributed by atoms with van der Waals surface area (Å²) in [5.41, 5.74) is 1.43. The van der Waals surface area contributed by atoms with Crippen molar-refractivity contribution in [3.63, 3.8) is 0 Å². The minimum atomic E-state index is 0.255. The topological polar surface area (TPSA) is 29.1 Å². The van der Waals surface area contributed by atoms with Gasteiger partial charge in [-0.25, -0.2) is 0 Å². The Morgan fingerprint density at radius 3 is 2.25 bits per heavy atom. The Morgan fingerprint density at radius 2 is 1.81 bits per heavy atom. The molecule has 0 unspecified atom stereocenters. The molecule has 1 rings (SSSR count). The van der Waals surface area contributed by atoms with Crippen LogP contribution in [0, 0.1) is 0 Å². The Morgan fingerprint density at radius 1 is 1.25 bits per heavy atom. The SMILES string of the molecule is CCC(C)=O.CNCCCc1ccccc1. The summed E-state index contributed by atoms with van der Waals surface area (Å²) >= 11 is 0. The van der Waals surface area contributed by atoms with Crippen molar-refractivity contribution in [1.82, 2.24) is 5.32 Å². The Bertz CT molecular complexity index is 269. The smallest absolute Gasteiger partial charge is 0.129 e. The molecule has 90 valence electrons. The molecule has 0 saturated carbocycles. The van der Waals surface area contributed by atoms with E-state index in [1.54, 1.807) is 6.92 Å². The third-order valence-corrected chi connectivity index (χ3v) is 2.23. The van der Waals surface area contributed by atoms with E-state index in [9.17, 15) is 4.79 Å². The Labute approximate surface area is 99.1 Å². The average Bonchev–Trinajstić information content (AvgIpc) is 2.31. The molecule has 0 fully saturated rings. The maximum atomic E-state index is 9.81. The molecule has 0 radical (unpaired) electrons. The van der Waals surface area contributed by atoms with E-state index in [1.807, 2.05) is 14.0 Å². The number of benzene rings is 1. The summed E-state index contributed by atoms with van der Waals surface area (Å²) in [5.74, 6) is 0.255. The number of aryl methyl sites for hydroxylation is 1. The van der Waals surface area contributed by atoms with Gasteiger partial charge in [-0.2, -0.15) is 0 Å². The third-order valence-electron chi connectivity index (χ3n) is 2.23. The maximum absolute atomic E-state index is 9.81. The largest absolute Gasteiger partial charge is 0.320 e. The summed E-state index contributed by atoms with van der Waals surface area (Å²) in [6.45, 7) is 4.54. The zero-order valence-corrected chi connectivity index (χ0v) is 10.6. The summed E-state index contributed by atoms with van der Waals surface area (Å²) in [5, 5.41) is 3.14. The summed E-state index contributed by atoms with van der Waals surface area (Å²) in [6, 6.07) is 10.6. The molecule has 0 amide bonds. The molecule has 0 saturated heterocycles. The molecule has 0 bridgehead atoms. The highest BCUT2D eigenvalue weighted by molar-refractivity contribution is 5.74. The lowest BCUT2D eigenvalue weighted by Crippen LogP contribution is -2.08. The van der Waals surface area contributed by atoms with Crippen LogP contribution in [-0.4, -0.2) is 19.4 Å². The molecule has 1 aromatic rings. The van der Waals surface area contributed by atoms with Gasteiger partial charge in [-0.15, -0.1) is 0 Å². The van der Waals surface area contributed by atoms with E-state index < -0.39 is 0 Å². The molecule has 0 aromatic heterocycles. The number of carbonyl (C=O) groups excluding carboxylic acids is 1. The van der Waals surface area contributed by atoms with Gasteiger partial charge in [-0.3, -0.25) is 0 Å². The normalized spacial score (nSPS) is 9.19. The van der Waals surface area contributed by atoms with Gasteiger partial charge < -0.3 is 10.1 Å². The molecule has 0 atom stereocenters. The van der Waals surface area contributed by atoms with Gasteiger partial charge in [0.15, 0.2) is 0 Å². The van der Waals surface area contributed by atoms with E-state index in [1.165, 1.54) is 18.4 Å². The molecule has 1 N–H and O–H groups in total. The van der Waals surface area contributed by atoms with Crippen molar-refractivity contribution in [3.05, 3.63) is 35.9 Å². The minimum absolute atomic E-state index is 0.255. The van der Waals surface area contributed by atoms with Crippen molar-refractivity contribution in [2.75, 3.05) is 13.6 Å². The lowest BCUT2D eigenvalue weighted by Gasteiger charge is -1.99. The standard InChI is InChI=1S/C10H15N.C4H8O/c1-11-9-5-8-10-6-3-2-4-7-10;1-3-4(2)5/h2-4,6-7,11H,5,8-9H2,1H3;3H2,1-2H3. The van der Waals surface area contributed by atoms with Crippen LogP contribution in [0.5, 0.6) is 0 Å². The second kappa shape index (κ2) is 10.4. The van der Waals surface area contributed by atoms with Crippen LogP contribution >= 0.6 is 0 Å². The summed E-state index contributed by atoms with van der Waals surface area (Å²) in [6.07, 6.45) is 3.07. The first-order valence-electron chi connectivity index (χ1n) is 5.88. The molecule has 16 heavy (non-hydrogen) atoms. The first-order chi connectivity index (χ1) is 7.70. The Hall–Kier alpha value is -1.15. The maximum Gasteiger partial charge on any atom is 0.129 e. The highest BCUT2D eigenvalue weighted by atomic mass is 16.1. The second-order valence-corrected chi connectivity index (χ2v) is 3.75. The highest BCUT2D eigenvalue weighted by Gasteiger charge is 1.88. The van der Waals surface area contributed by atoms with Crippen molar-refractivity contribution in [2.24, 2.45) is 0 Å². The van der Waals surface area contributed by atoms with Gasteiger partial charge in [0.05, 0.1) is 0 Å².